The molecule has 32 heavy (non-hydrogen) atoms. The molecule has 2 aromatic heterocycles. The predicted molar refractivity (Wildman–Crippen MR) is 109 cm³/mol. The highest BCUT2D eigenvalue weighted by atomic mass is 32.1. The van der Waals surface area contributed by atoms with Crippen LogP contribution in [-0.2, 0) is 41.3 Å². The number of nitrogens with zero attached hydrogens (tertiary/aromatic N) is 3. The van der Waals surface area contributed by atoms with E-state index in [4.69, 9.17) is 15.5 Å². The molecule has 2 atom stereocenters. The molecule has 0 aromatic carbocycles. The number of aliphatic carboxylic acids is 1. The van der Waals surface area contributed by atoms with Crippen molar-refractivity contribution in [1.82, 2.24) is 9.97 Å². The lowest BCUT2D eigenvalue weighted by Crippen LogP contribution is -2.48. The van der Waals surface area contributed by atoms with Crippen LogP contribution in [0.1, 0.15) is 33.9 Å². The number of anilines is 1. The van der Waals surface area contributed by atoms with Crippen molar-refractivity contribution in [2.75, 3.05) is 12.3 Å². The van der Waals surface area contributed by atoms with Gasteiger partial charge in [0, 0.05) is 19.5 Å². The number of hydrogen-bond acceptors (Lipinski definition) is 10. The number of carboxylic acids is 1. The molecule has 2 aromatic rings. The number of nitrogen functional groups attached to an aromatic ring is 1. The van der Waals surface area contributed by atoms with Crippen LogP contribution in [0.4, 0.5) is 5.82 Å². The molecule has 14 nitrogen and oxygen atoms in total. The standard InChI is InChI=1S/C15H22N4O10P2S/c1-8-11(4-5-28-31(26,27)29-30(23,24)25)32-13(15(3,22)14(20)21)19(8)7-10-6-17-9(2)18-12(10)16/h6,22H,4-5,7H2,1-3H3,(H5-,16,17,18,20,21,23,24,25,26,27)/p+1. The minimum Gasteiger partial charge on any atom is -0.479 e. The van der Waals surface area contributed by atoms with Crippen LogP contribution >= 0.6 is 27.0 Å². The Kier molecular flexibility index (Phi) is 7.93. The maximum absolute atomic E-state index is 11.6. The fourth-order valence-corrected chi connectivity index (χ4v) is 5.50. The van der Waals surface area contributed by atoms with Gasteiger partial charge in [-0.05, 0) is 13.8 Å². The molecule has 2 unspecified atom stereocenters. The number of aromatic nitrogens is 3. The SMILES string of the molecule is Cc1ncc(C[n+]2c(C(C)(O)C(=O)O)sc(CCOP(=O)(O)OP(=O)(O)O)c2C)c(N)n1. The Hall–Kier alpha value is -1.80. The van der Waals surface area contributed by atoms with Crippen molar-refractivity contribution in [2.45, 2.75) is 39.3 Å². The van der Waals surface area contributed by atoms with E-state index in [-0.39, 0.29) is 23.8 Å². The second-order valence-corrected chi connectivity index (χ2v) is 10.7. The van der Waals surface area contributed by atoms with Gasteiger partial charge in [-0.1, -0.05) is 11.3 Å². The van der Waals surface area contributed by atoms with Gasteiger partial charge < -0.3 is 30.6 Å². The van der Waals surface area contributed by atoms with Crippen molar-refractivity contribution in [3.05, 3.63) is 33.2 Å². The van der Waals surface area contributed by atoms with E-state index < -0.39 is 33.8 Å². The van der Waals surface area contributed by atoms with E-state index in [1.807, 2.05) is 0 Å². The lowest BCUT2D eigenvalue weighted by molar-refractivity contribution is -0.701. The van der Waals surface area contributed by atoms with Crippen molar-refractivity contribution < 1.29 is 52.2 Å². The number of hydrogen-bond donors (Lipinski definition) is 6. The van der Waals surface area contributed by atoms with Crippen molar-refractivity contribution in [3.8, 4) is 0 Å². The average Bonchev–Trinajstić information content (AvgIpc) is 2.92. The third-order valence-corrected chi connectivity index (χ3v) is 7.99. The molecule has 0 radical (unpaired) electrons. The number of phosphoric ester groups is 1. The molecular weight excluding hydrogens is 490 g/mol. The quantitative estimate of drug-likeness (QED) is 0.184. The first-order valence-corrected chi connectivity index (χ1v) is 12.7. The summed E-state index contributed by atoms with van der Waals surface area (Å²) in [4.78, 5) is 46.9. The molecule has 0 amide bonds. The van der Waals surface area contributed by atoms with Gasteiger partial charge in [0.05, 0.1) is 17.0 Å². The lowest BCUT2D eigenvalue weighted by Gasteiger charge is -2.13. The summed E-state index contributed by atoms with van der Waals surface area (Å²) in [5.41, 5.74) is 4.63. The van der Waals surface area contributed by atoms with E-state index in [1.165, 1.54) is 10.8 Å². The third kappa shape index (κ3) is 6.61. The van der Waals surface area contributed by atoms with Gasteiger partial charge in [-0.15, -0.1) is 0 Å². The zero-order chi connectivity index (χ0) is 24.5. The maximum atomic E-state index is 11.6. The largest absolute Gasteiger partial charge is 0.481 e. The van der Waals surface area contributed by atoms with Crippen LogP contribution in [0.15, 0.2) is 6.20 Å². The van der Waals surface area contributed by atoms with Gasteiger partial charge in [0.15, 0.2) is 12.2 Å². The van der Waals surface area contributed by atoms with Crippen molar-refractivity contribution >= 4 is 38.8 Å². The molecule has 0 spiro atoms. The Morgan fingerprint density at radius 1 is 1.31 bits per heavy atom. The average molecular weight is 513 g/mol. The molecule has 0 saturated heterocycles. The van der Waals surface area contributed by atoms with Crippen LogP contribution in [0.5, 0.6) is 0 Å². The summed E-state index contributed by atoms with van der Waals surface area (Å²) in [5, 5.41) is 20.1. The van der Waals surface area contributed by atoms with Crippen molar-refractivity contribution in [1.29, 1.82) is 0 Å². The lowest BCUT2D eigenvalue weighted by atomic mass is 10.1. The summed E-state index contributed by atoms with van der Waals surface area (Å²) >= 11 is 0.918. The Morgan fingerprint density at radius 2 is 1.94 bits per heavy atom. The summed E-state index contributed by atoms with van der Waals surface area (Å²) in [6.45, 7) is 3.93. The molecule has 0 aliphatic carbocycles. The van der Waals surface area contributed by atoms with Gasteiger partial charge in [0.25, 0.3) is 10.6 Å². The Morgan fingerprint density at radius 3 is 2.47 bits per heavy atom. The summed E-state index contributed by atoms with van der Waals surface area (Å²) in [5.74, 6) is -0.879. The molecule has 7 N–H and O–H groups in total. The molecular formula is C15H23N4O10P2S+. The normalized spacial score (nSPS) is 15.8. The first-order chi connectivity index (χ1) is 14.5. The van der Waals surface area contributed by atoms with Gasteiger partial charge in [0.2, 0.25) is 0 Å². The topological polar surface area (TPSA) is 226 Å². The van der Waals surface area contributed by atoms with Crippen molar-refractivity contribution in [3.63, 3.8) is 0 Å². The Balaban J connectivity index is 2.36. The molecule has 0 aliphatic heterocycles. The Labute approximate surface area is 186 Å². The van der Waals surface area contributed by atoms with Gasteiger partial charge in [-0.2, -0.15) is 8.88 Å². The zero-order valence-electron chi connectivity index (χ0n) is 17.2. The molecule has 178 valence electrons. The third-order valence-electron chi connectivity index (χ3n) is 4.25. The van der Waals surface area contributed by atoms with Gasteiger partial charge in [0.1, 0.15) is 11.6 Å². The fourth-order valence-electron chi connectivity index (χ4n) is 2.64. The molecule has 0 bridgehead atoms. The van der Waals surface area contributed by atoms with E-state index in [1.54, 1.807) is 13.8 Å². The number of thiazole rings is 1. The minimum absolute atomic E-state index is 0.0356. The summed E-state index contributed by atoms with van der Waals surface area (Å²) in [6.07, 6.45) is 1.42. The second-order valence-electron chi connectivity index (χ2n) is 6.83. The highest BCUT2D eigenvalue weighted by Crippen LogP contribution is 2.57. The number of rotatable bonds is 10. The van der Waals surface area contributed by atoms with Crippen LogP contribution < -0.4 is 10.3 Å². The first kappa shape index (κ1) is 26.5. The summed E-state index contributed by atoms with van der Waals surface area (Å²) in [7, 11) is -10.3. The van der Waals surface area contributed by atoms with Gasteiger partial charge in [-0.25, -0.2) is 23.9 Å². The van der Waals surface area contributed by atoms with Gasteiger partial charge >= 0.3 is 21.6 Å². The number of carbonyl (C=O) groups is 1. The monoisotopic (exact) mass is 513 g/mol. The van der Waals surface area contributed by atoms with Gasteiger partial charge in [-0.3, -0.25) is 4.52 Å². The molecule has 0 fully saturated rings. The van der Waals surface area contributed by atoms with E-state index in [0.717, 1.165) is 18.3 Å². The van der Waals surface area contributed by atoms with Crippen LogP contribution in [-0.4, -0.2) is 47.4 Å². The number of aryl methyl sites for hydroxylation is 1. The van der Waals surface area contributed by atoms with Crippen LogP contribution in [0.2, 0.25) is 0 Å². The van der Waals surface area contributed by atoms with Crippen LogP contribution in [0.3, 0.4) is 0 Å². The number of nitrogens with two attached hydrogens (primary N) is 1. The second kappa shape index (κ2) is 9.59. The summed E-state index contributed by atoms with van der Waals surface area (Å²) < 4.78 is 32.1. The highest BCUT2D eigenvalue weighted by molar-refractivity contribution is 7.60. The smallest absolute Gasteiger partial charge is 0.479 e. The highest BCUT2D eigenvalue weighted by Gasteiger charge is 2.45. The van der Waals surface area contributed by atoms with Crippen molar-refractivity contribution in [2.24, 2.45) is 0 Å². The fraction of sp³-hybridized carbons (Fsp3) is 0.467. The first-order valence-electron chi connectivity index (χ1n) is 8.84. The molecule has 0 aliphatic rings. The number of aliphatic hydroxyl groups is 1. The number of carboxylic acid groups (broad SMARTS) is 1. The predicted octanol–water partition coefficient (Wildman–Crippen LogP) is 0.134. The molecule has 2 heterocycles. The van der Waals surface area contributed by atoms with E-state index in [9.17, 15) is 29.0 Å². The van der Waals surface area contributed by atoms with Crippen LogP contribution in [0, 0.1) is 13.8 Å². The minimum atomic E-state index is -5.25. The zero-order valence-corrected chi connectivity index (χ0v) is 19.8. The molecule has 17 heteroatoms. The number of phosphoric acid groups is 2. The summed E-state index contributed by atoms with van der Waals surface area (Å²) in [6, 6.07) is 0. The van der Waals surface area contributed by atoms with Crippen LogP contribution in [0.25, 0.3) is 0 Å². The van der Waals surface area contributed by atoms with E-state index in [2.05, 4.69) is 18.8 Å². The molecule has 0 saturated carbocycles. The van der Waals surface area contributed by atoms with E-state index >= 15 is 0 Å². The van der Waals surface area contributed by atoms with E-state index in [0.29, 0.717) is 22.0 Å². The Bertz CT molecular complexity index is 1120. The maximum Gasteiger partial charge on any atom is 0.481 e. The molecule has 2 rings (SSSR count).